The van der Waals surface area contributed by atoms with Crippen LogP contribution in [-0.4, -0.2) is 26.2 Å². The molecular weight excluding hydrogens is 193 g/mol. The zero-order valence-electron chi connectivity index (χ0n) is 7.86. The first kappa shape index (κ1) is 12.6. The number of nitriles is 1. The Hall–Kier alpha value is -0.400. The van der Waals surface area contributed by atoms with Crippen molar-refractivity contribution in [2.24, 2.45) is 0 Å². The average molecular weight is 207 g/mol. The Morgan fingerprint density at radius 3 is 2.23 bits per heavy atom. The molecule has 6 heteroatoms. The molecule has 0 atom stereocenters. The standard InChI is InChI=1S/C7H14NO4P/c1-3-11-13(9,12-4-2)7-10-6-5-8/h3-4,6-7H2,1-2H3. The molecule has 0 radical (unpaired) electrons. The molecule has 0 aliphatic carbocycles. The molecule has 0 spiro atoms. The Morgan fingerprint density at radius 1 is 1.31 bits per heavy atom. The van der Waals surface area contributed by atoms with E-state index in [2.05, 4.69) is 0 Å². The van der Waals surface area contributed by atoms with Gasteiger partial charge in [0, 0.05) is 0 Å². The molecule has 0 saturated carbocycles. The molecular formula is C7H14NO4P. The van der Waals surface area contributed by atoms with Crippen LogP contribution in [0.1, 0.15) is 13.8 Å². The fraction of sp³-hybridized carbons (Fsp3) is 0.857. The number of hydrogen-bond acceptors (Lipinski definition) is 5. The number of nitrogens with zero attached hydrogens (tertiary/aromatic N) is 1. The van der Waals surface area contributed by atoms with Crippen molar-refractivity contribution in [2.75, 3.05) is 26.2 Å². The van der Waals surface area contributed by atoms with Crippen molar-refractivity contribution in [1.82, 2.24) is 0 Å². The number of ether oxygens (including phenoxy) is 1. The lowest BCUT2D eigenvalue weighted by molar-refractivity contribution is 0.151. The van der Waals surface area contributed by atoms with Gasteiger partial charge < -0.3 is 13.8 Å². The van der Waals surface area contributed by atoms with Crippen molar-refractivity contribution in [3.8, 4) is 6.07 Å². The van der Waals surface area contributed by atoms with Crippen molar-refractivity contribution in [1.29, 1.82) is 5.26 Å². The summed E-state index contributed by atoms with van der Waals surface area (Å²) < 4.78 is 26.2. The van der Waals surface area contributed by atoms with Gasteiger partial charge in [-0.05, 0) is 13.8 Å². The molecule has 0 aliphatic heterocycles. The van der Waals surface area contributed by atoms with Gasteiger partial charge in [-0.1, -0.05) is 0 Å². The van der Waals surface area contributed by atoms with Crippen LogP contribution in [0, 0.1) is 11.3 Å². The molecule has 0 aromatic heterocycles. The zero-order valence-corrected chi connectivity index (χ0v) is 8.75. The third-order valence-corrected chi connectivity index (χ3v) is 2.87. The van der Waals surface area contributed by atoms with Gasteiger partial charge >= 0.3 is 7.60 Å². The Morgan fingerprint density at radius 2 is 1.85 bits per heavy atom. The maximum atomic E-state index is 11.6. The van der Waals surface area contributed by atoms with Gasteiger partial charge in [0.2, 0.25) is 0 Å². The Bertz CT molecular complexity index is 203. The topological polar surface area (TPSA) is 68.5 Å². The highest BCUT2D eigenvalue weighted by Crippen LogP contribution is 2.47. The SMILES string of the molecule is CCOP(=O)(COCC#N)OCC. The lowest BCUT2D eigenvalue weighted by Gasteiger charge is -2.15. The Balaban J connectivity index is 3.93. The van der Waals surface area contributed by atoms with Gasteiger partial charge in [0.25, 0.3) is 0 Å². The summed E-state index contributed by atoms with van der Waals surface area (Å²) in [5.41, 5.74) is 0. The summed E-state index contributed by atoms with van der Waals surface area (Å²) in [6.45, 7) is 3.93. The maximum absolute atomic E-state index is 11.6. The highest BCUT2D eigenvalue weighted by Gasteiger charge is 2.23. The van der Waals surface area contributed by atoms with Gasteiger partial charge in [-0.15, -0.1) is 0 Å². The lowest BCUT2D eigenvalue weighted by atomic mass is 10.8. The fourth-order valence-corrected chi connectivity index (χ4v) is 2.03. The summed E-state index contributed by atoms with van der Waals surface area (Å²) in [4.78, 5) is 0. The molecule has 0 N–H and O–H groups in total. The van der Waals surface area contributed by atoms with Gasteiger partial charge in [-0.3, -0.25) is 4.57 Å². The molecule has 5 nitrogen and oxygen atoms in total. The fourth-order valence-electron chi connectivity index (χ4n) is 0.708. The van der Waals surface area contributed by atoms with E-state index in [9.17, 15) is 4.57 Å². The van der Waals surface area contributed by atoms with Gasteiger partial charge in [0.15, 0.2) is 0 Å². The molecule has 0 amide bonds. The molecule has 0 aliphatic rings. The molecule has 0 bridgehead atoms. The molecule has 0 aromatic carbocycles. The van der Waals surface area contributed by atoms with E-state index >= 15 is 0 Å². The first-order valence-corrected chi connectivity index (χ1v) is 5.74. The second kappa shape index (κ2) is 7.05. The third-order valence-electron chi connectivity index (χ3n) is 1.07. The summed E-state index contributed by atoms with van der Waals surface area (Å²) in [6.07, 6.45) is -0.164. The summed E-state index contributed by atoms with van der Waals surface area (Å²) in [7, 11) is -3.12. The minimum Gasteiger partial charge on any atom is -0.354 e. The molecule has 0 aromatic rings. The predicted octanol–water partition coefficient (Wildman–Crippen LogP) is 1.75. The molecule has 76 valence electrons. The van der Waals surface area contributed by atoms with E-state index < -0.39 is 7.60 Å². The van der Waals surface area contributed by atoms with E-state index in [1.165, 1.54) is 0 Å². The van der Waals surface area contributed by atoms with E-state index in [4.69, 9.17) is 19.0 Å². The van der Waals surface area contributed by atoms with Crippen molar-refractivity contribution in [3.63, 3.8) is 0 Å². The second-order valence-electron chi connectivity index (χ2n) is 2.08. The summed E-state index contributed by atoms with van der Waals surface area (Å²) in [5, 5.41) is 8.18. The van der Waals surface area contributed by atoms with E-state index in [0.717, 1.165) is 0 Å². The van der Waals surface area contributed by atoms with Crippen LogP contribution in [-0.2, 0) is 18.3 Å². The van der Waals surface area contributed by atoms with Gasteiger partial charge in [-0.25, -0.2) is 0 Å². The molecule has 0 saturated heterocycles. The van der Waals surface area contributed by atoms with Crippen molar-refractivity contribution in [2.45, 2.75) is 13.8 Å². The quantitative estimate of drug-likeness (QED) is 0.470. The molecule has 0 fully saturated rings. The minimum absolute atomic E-state index is 0.107. The van der Waals surface area contributed by atoms with Crippen LogP contribution in [0.25, 0.3) is 0 Å². The van der Waals surface area contributed by atoms with Crippen LogP contribution in [0.4, 0.5) is 0 Å². The monoisotopic (exact) mass is 207 g/mol. The van der Waals surface area contributed by atoms with E-state index in [1.807, 2.05) is 0 Å². The van der Waals surface area contributed by atoms with Crippen molar-refractivity contribution < 1.29 is 18.3 Å². The summed E-state index contributed by atoms with van der Waals surface area (Å²) >= 11 is 0. The highest BCUT2D eigenvalue weighted by molar-refractivity contribution is 7.53. The van der Waals surface area contributed by atoms with Crippen LogP contribution in [0.5, 0.6) is 0 Å². The normalized spacial score (nSPS) is 11.2. The van der Waals surface area contributed by atoms with Crippen molar-refractivity contribution >= 4 is 7.60 Å². The van der Waals surface area contributed by atoms with Crippen LogP contribution >= 0.6 is 7.60 Å². The van der Waals surface area contributed by atoms with E-state index in [-0.39, 0.29) is 13.0 Å². The maximum Gasteiger partial charge on any atom is 0.356 e. The molecule has 13 heavy (non-hydrogen) atoms. The number of hydrogen-bond donors (Lipinski definition) is 0. The van der Waals surface area contributed by atoms with Gasteiger partial charge in [0.05, 0.1) is 19.3 Å². The summed E-state index contributed by atoms with van der Waals surface area (Å²) in [5.74, 6) is 0. The number of rotatable bonds is 7. The highest BCUT2D eigenvalue weighted by atomic mass is 31.2. The second-order valence-corrected chi connectivity index (χ2v) is 4.08. The van der Waals surface area contributed by atoms with Crippen LogP contribution in [0.3, 0.4) is 0 Å². The summed E-state index contributed by atoms with van der Waals surface area (Å²) in [6, 6.07) is 1.77. The Kier molecular flexibility index (Phi) is 6.83. The zero-order chi connectivity index (χ0) is 10.2. The molecule has 0 rings (SSSR count). The molecule has 0 unspecified atom stereocenters. The largest absolute Gasteiger partial charge is 0.356 e. The average Bonchev–Trinajstić information content (AvgIpc) is 2.05. The smallest absolute Gasteiger partial charge is 0.354 e. The van der Waals surface area contributed by atoms with E-state index in [1.54, 1.807) is 19.9 Å². The van der Waals surface area contributed by atoms with Gasteiger partial charge in [0.1, 0.15) is 13.0 Å². The Labute approximate surface area is 78.1 Å². The molecule has 0 heterocycles. The third kappa shape index (κ3) is 5.78. The van der Waals surface area contributed by atoms with E-state index in [0.29, 0.717) is 13.2 Å². The van der Waals surface area contributed by atoms with Crippen molar-refractivity contribution in [3.05, 3.63) is 0 Å². The first-order chi connectivity index (χ1) is 6.18. The lowest BCUT2D eigenvalue weighted by Crippen LogP contribution is -2.03. The van der Waals surface area contributed by atoms with Crippen LogP contribution < -0.4 is 0 Å². The first-order valence-electron chi connectivity index (χ1n) is 4.01. The van der Waals surface area contributed by atoms with Crippen LogP contribution in [0.15, 0.2) is 0 Å². The van der Waals surface area contributed by atoms with Gasteiger partial charge in [-0.2, -0.15) is 5.26 Å². The van der Waals surface area contributed by atoms with Crippen LogP contribution in [0.2, 0.25) is 0 Å². The predicted molar refractivity (Wildman–Crippen MR) is 47.3 cm³/mol. The minimum atomic E-state index is -3.12.